The first-order chi connectivity index (χ1) is 27.9. The van der Waals surface area contributed by atoms with E-state index in [1.54, 1.807) is 5.57 Å². The van der Waals surface area contributed by atoms with Crippen LogP contribution in [0.3, 0.4) is 0 Å². The summed E-state index contributed by atoms with van der Waals surface area (Å²) in [7, 11) is 0. The molecule has 7 fully saturated rings. The van der Waals surface area contributed by atoms with Crippen molar-refractivity contribution in [3.63, 3.8) is 0 Å². The van der Waals surface area contributed by atoms with Crippen LogP contribution in [0.4, 0.5) is 0 Å². The molecule has 2 nitrogen and oxygen atoms in total. The summed E-state index contributed by atoms with van der Waals surface area (Å²) in [5.41, 5.74) is 3.72. The molecule has 59 heavy (non-hydrogen) atoms. The lowest BCUT2D eigenvalue weighted by atomic mass is 9.44. The lowest BCUT2D eigenvalue weighted by Crippen LogP contribution is -2.54. The van der Waals surface area contributed by atoms with Crippen LogP contribution in [-0.2, 0) is 0 Å². The molecule has 2 N–H and O–H groups in total. The second kappa shape index (κ2) is 18.3. The minimum Gasteiger partial charge on any atom is -0.393 e. The van der Waals surface area contributed by atoms with Crippen LogP contribution in [0.15, 0.2) is 11.6 Å². The van der Waals surface area contributed by atoms with Crippen LogP contribution in [0.2, 0.25) is 0 Å². The highest BCUT2D eigenvalue weighted by atomic mass is 16.3. The van der Waals surface area contributed by atoms with Gasteiger partial charge in [-0.2, -0.15) is 0 Å². The van der Waals surface area contributed by atoms with Gasteiger partial charge in [0.05, 0.1) is 12.2 Å². The molecule has 0 spiro atoms. The number of fused-ring (bicyclic) bond motifs is 10. The summed E-state index contributed by atoms with van der Waals surface area (Å²) in [5.74, 6) is 13.6. The Kier molecular flexibility index (Phi) is 14.4. The molecule has 0 heterocycles. The first kappa shape index (κ1) is 46.6. The normalized spacial score (nSPS) is 47.3. The maximum Gasteiger partial charge on any atom is 0.0577 e. The standard InChI is InChI=1S/C29H52O.C28H48O/c1-7-21(19(2)3)9-8-20(4)25-12-13-26-24-11-10-22-18-23(30)14-16-28(22,5)27(24)15-17-29(25,26)6;1-18(2)19(3)7-8-20(4)24-11-12-25-23-10-9-21-17-22(29)13-15-27(21,5)26(23)14-16-28(24,25)6/h19-27,30H,7-18H2,1-6H3;9,18-20,22-26,29H,7-8,10-17H2,1-6H3/t20-,21-,22+,23+,24+,25-,26+,27+,28+,29-;19-,20-,22+,23+,24-,25+,26+,27+,28-/m11/s1. The molecule has 0 saturated heterocycles. The quantitative estimate of drug-likeness (QED) is 0.204. The van der Waals surface area contributed by atoms with Crippen molar-refractivity contribution in [2.45, 2.75) is 237 Å². The fourth-order valence-electron chi connectivity index (χ4n) is 18.6. The fraction of sp³-hybridized carbons (Fsp3) is 0.965. The van der Waals surface area contributed by atoms with Gasteiger partial charge in [0.15, 0.2) is 0 Å². The van der Waals surface area contributed by atoms with Gasteiger partial charge in [-0.25, -0.2) is 0 Å². The Labute approximate surface area is 367 Å². The van der Waals surface area contributed by atoms with Gasteiger partial charge >= 0.3 is 0 Å². The third-order valence-electron chi connectivity index (χ3n) is 22.9. The van der Waals surface area contributed by atoms with E-state index in [4.69, 9.17) is 0 Å². The Morgan fingerprint density at radius 1 is 0.559 bits per heavy atom. The van der Waals surface area contributed by atoms with E-state index < -0.39 is 0 Å². The summed E-state index contributed by atoms with van der Waals surface area (Å²) in [6.45, 7) is 30.3. The summed E-state index contributed by atoms with van der Waals surface area (Å²) >= 11 is 0. The molecular formula is C57H100O2. The molecule has 0 aliphatic heterocycles. The lowest BCUT2D eigenvalue weighted by molar-refractivity contribution is -0.129. The summed E-state index contributed by atoms with van der Waals surface area (Å²) < 4.78 is 0. The molecule has 0 amide bonds. The molecule has 0 aromatic rings. The molecule has 0 aromatic carbocycles. The van der Waals surface area contributed by atoms with E-state index in [0.29, 0.717) is 21.7 Å². The molecule has 0 unspecified atom stereocenters. The second-order valence-corrected chi connectivity index (χ2v) is 25.9. The van der Waals surface area contributed by atoms with Gasteiger partial charge in [-0.1, -0.05) is 120 Å². The first-order valence-corrected chi connectivity index (χ1v) is 26.9. The Morgan fingerprint density at radius 2 is 1.12 bits per heavy atom. The molecular weight excluding hydrogens is 717 g/mol. The van der Waals surface area contributed by atoms with Gasteiger partial charge in [-0.15, -0.1) is 0 Å². The first-order valence-electron chi connectivity index (χ1n) is 26.9. The van der Waals surface area contributed by atoms with Crippen LogP contribution in [-0.4, -0.2) is 22.4 Å². The summed E-state index contributed by atoms with van der Waals surface area (Å²) in [5, 5.41) is 20.5. The van der Waals surface area contributed by atoms with Gasteiger partial charge in [0.25, 0.3) is 0 Å². The van der Waals surface area contributed by atoms with Gasteiger partial charge in [-0.05, 0) is 226 Å². The van der Waals surface area contributed by atoms with Crippen molar-refractivity contribution in [2.75, 3.05) is 0 Å². The predicted octanol–water partition coefficient (Wildman–Crippen LogP) is 15.7. The SMILES string of the molecule is CC(C)[C@H](C)CC[C@@H](C)[C@H]1CC[C@H]2[C@@H]3CC=C4C[C@@H](O)CC[C@]4(C)[C@H]3CC[C@]12C.CC[C@H](CC[C@@H](C)[C@H]1CC[C@H]2[C@@H]3CC[C@H]4C[C@@H](O)CC[C@]4(C)[C@H]3CC[C@]12C)C(C)C. The Balaban J connectivity index is 0.000000179. The molecule has 0 aromatic heterocycles. The highest BCUT2D eigenvalue weighted by Gasteiger charge is 2.61. The van der Waals surface area contributed by atoms with Crippen molar-refractivity contribution in [1.29, 1.82) is 0 Å². The topological polar surface area (TPSA) is 40.5 Å². The molecule has 2 heteroatoms. The molecule has 340 valence electrons. The van der Waals surface area contributed by atoms with Crippen LogP contribution in [0, 0.1) is 110 Å². The molecule has 8 aliphatic rings. The maximum absolute atomic E-state index is 10.3. The van der Waals surface area contributed by atoms with E-state index in [9.17, 15) is 10.2 Å². The highest BCUT2D eigenvalue weighted by molar-refractivity contribution is 5.25. The average molecular weight is 817 g/mol. The third kappa shape index (κ3) is 8.66. The zero-order valence-corrected chi connectivity index (χ0v) is 41.3. The zero-order valence-electron chi connectivity index (χ0n) is 41.3. The van der Waals surface area contributed by atoms with E-state index >= 15 is 0 Å². The molecule has 19 atom stereocenters. The van der Waals surface area contributed by atoms with Crippen molar-refractivity contribution in [2.24, 2.45) is 110 Å². The molecule has 0 radical (unpaired) electrons. The van der Waals surface area contributed by atoms with Crippen LogP contribution in [0.25, 0.3) is 0 Å². The third-order valence-corrected chi connectivity index (χ3v) is 22.9. The Morgan fingerprint density at radius 3 is 1.73 bits per heavy atom. The lowest BCUT2D eigenvalue weighted by Gasteiger charge is -2.61. The van der Waals surface area contributed by atoms with E-state index in [-0.39, 0.29) is 12.2 Å². The predicted molar refractivity (Wildman–Crippen MR) is 252 cm³/mol. The summed E-state index contributed by atoms with van der Waals surface area (Å²) in [4.78, 5) is 0. The highest BCUT2D eigenvalue weighted by Crippen LogP contribution is 2.70. The van der Waals surface area contributed by atoms with Crippen molar-refractivity contribution in [3.05, 3.63) is 11.6 Å². The number of hydrogen-bond donors (Lipinski definition) is 2. The van der Waals surface area contributed by atoms with Gasteiger partial charge in [-0.3, -0.25) is 0 Å². The molecule has 8 rings (SSSR count). The minimum atomic E-state index is -0.0790. The van der Waals surface area contributed by atoms with Crippen molar-refractivity contribution in [3.8, 4) is 0 Å². The Hall–Kier alpha value is -0.340. The van der Waals surface area contributed by atoms with Crippen molar-refractivity contribution >= 4 is 0 Å². The van der Waals surface area contributed by atoms with Gasteiger partial charge in [0.2, 0.25) is 0 Å². The summed E-state index contributed by atoms with van der Waals surface area (Å²) in [6.07, 6.45) is 32.2. The largest absolute Gasteiger partial charge is 0.393 e. The average Bonchev–Trinajstić information content (AvgIpc) is 3.74. The van der Waals surface area contributed by atoms with Crippen molar-refractivity contribution < 1.29 is 10.2 Å². The number of hydrogen-bond acceptors (Lipinski definition) is 2. The van der Waals surface area contributed by atoms with E-state index in [1.807, 2.05) is 0 Å². The van der Waals surface area contributed by atoms with Crippen LogP contribution in [0.1, 0.15) is 224 Å². The number of aliphatic hydroxyl groups excluding tert-OH is 2. The van der Waals surface area contributed by atoms with Crippen LogP contribution >= 0.6 is 0 Å². The van der Waals surface area contributed by atoms with Gasteiger partial charge < -0.3 is 10.2 Å². The van der Waals surface area contributed by atoms with E-state index in [0.717, 1.165) is 114 Å². The van der Waals surface area contributed by atoms with Crippen molar-refractivity contribution in [1.82, 2.24) is 0 Å². The molecule has 0 bridgehead atoms. The van der Waals surface area contributed by atoms with E-state index in [1.165, 1.54) is 116 Å². The second-order valence-electron chi connectivity index (χ2n) is 25.9. The minimum absolute atomic E-state index is 0.0111. The Bertz CT molecular complexity index is 1410. The maximum atomic E-state index is 10.3. The van der Waals surface area contributed by atoms with E-state index in [2.05, 4.69) is 89.2 Å². The smallest absolute Gasteiger partial charge is 0.0577 e. The fourth-order valence-corrected chi connectivity index (χ4v) is 18.6. The van der Waals surface area contributed by atoms with Gasteiger partial charge in [0.1, 0.15) is 0 Å². The number of rotatable bonds is 11. The van der Waals surface area contributed by atoms with Gasteiger partial charge in [0, 0.05) is 0 Å². The monoisotopic (exact) mass is 817 g/mol. The molecule has 8 aliphatic carbocycles. The zero-order chi connectivity index (χ0) is 42.7. The van der Waals surface area contributed by atoms with Crippen LogP contribution in [0.5, 0.6) is 0 Å². The molecule has 7 saturated carbocycles. The number of aliphatic hydroxyl groups is 2. The van der Waals surface area contributed by atoms with Crippen LogP contribution < -0.4 is 0 Å². The summed E-state index contributed by atoms with van der Waals surface area (Å²) in [6, 6.07) is 0. The number of allylic oxidation sites excluding steroid dienone is 1.